The minimum atomic E-state index is -1.24. The highest BCUT2D eigenvalue weighted by molar-refractivity contribution is 7.12. The first-order chi connectivity index (χ1) is 18.1. The van der Waals surface area contributed by atoms with E-state index in [1.54, 1.807) is 13.0 Å². The molecule has 0 radical (unpaired) electrons. The summed E-state index contributed by atoms with van der Waals surface area (Å²) < 4.78 is 27.8. The van der Waals surface area contributed by atoms with E-state index in [1.165, 1.54) is 41.9 Å². The van der Waals surface area contributed by atoms with Gasteiger partial charge < -0.3 is 14.6 Å². The predicted octanol–water partition coefficient (Wildman–Crippen LogP) is 5.73. The van der Waals surface area contributed by atoms with Crippen LogP contribution in [0.4, 0.5) is 10.2 Å². The quantitative estimate of drug-likeness (QED) is 0.190. The fraction of sp³-hybridized carbons (Fsp3) is 0.320. The van der Waals surface area contributed by atoms with Crippen molar-refractivity contribution in [1.82, 2.24) is 24.5 Å². The van der Waals surface area contributed by atoms with Crippen LogP contribution < -0.4 is 9.54 Å². The molecule has 0 aliphatic heterocycles. The van der Waals surface area contributed by atoms with Crippen molar-refractivity contribution in [3.05, 3.63) is 69.9 Å². The number of halogens is 2. The van der Waals surface area contributed by atoms with Gasteiger partial charge in [-0.1, -0.05) is 48.6 Å². The number of aliphatic hydroxyl groups is 1. The van der Waals surface area contributed by atoms with Gasteiger partial charge >= 0.3 is 6.01 Å². The Morgan fingerprint density at radius 1 is 1.18 bits per heavy atom. The van der Waals surface area contributed by atoms with E-state index >= 15 is 0 Å². The van der Waals surface area contributed by atoms with Crippen LogP contribution in [-0.2, 0) is 18.1 Å². The summed E-state index contributed by atoms with van der Waals surface area (Å²) in [4.78, 5) is 23.2. The van der Waals surface area contributed by atoms with Gasteiger partial charge in [0.25, 0.3) is 0 Å². The maximum atomic E-state index is 14.3. The average Bonchev–Trinajstić information content (AvgIpc) is 3.26. The molecule has 0 amide bonds. The number of aliphatic hydroxyl groups excluding tert-OH is 1. The zero-order valence-corrected chi connectivity index (χ0v) is 24.1. The number of hydrogen-bond acceptors (Lipinski definition) is 9. The normalized spacial score (nSPS) is 12.2. The van der Waals surface area contributed by atoms with E-state index in [4.69, 9.17) is 21.1 Å². The number of nitrogens with zero attached hydrogens (tertiary/aromatic N) is 6. The topological polar surface area (TPSA) is 108 Å². The van der Waals surface area contributed by atoms with Crippen LogP contribution in [0.2, 0.25) is 30.7 Å². The van der Waals surface area contributed by atoms with Crippen molar-refractivity contribution < 1.29 is 19.0 Å². The molecule has 0 aliphatic carbocycles. The van der Waals surface area contributed by atoms with Crippen molar-refractivity contribution in [3.8, 4) is 22.3 Å². The molecular formula is C25H28ClFN6O3SSi. The monoisotopic (exact) mass is 574 g/mol. The van der Waals surface area contributed by atoms with Gasteiger partial charge in [-0.25, -0.2) is 14.4 Å². The number of aromatic nitrogens is 5. The third kappa shape index (κ3) is 7.51. The van der Waals surface area contributed by atoms with Crippen LogP contribution in [-0.4, -0.2) is 44.3 Å². The van der Waals surface area contributed by atoms with E-state index in [0.717, 1.165) is 10.9 Å². The van der Waals surface area contributed by atoms with Gasteiger partial charge in [-0.2, -0.15) is 9.98 Å². The summed E-state index contributed by atoms with van der Waals surface area (Å²) in [5.41, 5.74) is 1.66. The molecule has 0 saturated heterocycles. The lowest BCUT2D eigenvalue weighted by molar-refractivity contribution is 0.0855. The lowest BCUT2D eigenvalue weighted by Gasteiger charge is -2.15. The van der Waals surface area contributed by atoms with E-state index < -0.39 is 13.9 Å². The van der Waals surface area contributed by atoms with Crippen LogP contribution >= 0.6 is 22.9 Å². The highest BCUT2D eigenvalue weighted by atomic mass is 35.5. The zero-order valence-electron chi connectivity index (χ0n) is 21.5. The van der Waals surface area contributed by atoms with E-state index in [9.17, 15) is 9.50 Å². The molecular weight excluding hydrogens is 547 g/mol. The van der Waals surface area contributed by atoms with Crippen LogP contribution in [0.15, 0.2) is 47.8 Å². The minimum absolute atomic E-state index is 0.0257. The van der Waals surface area contributed by atoms with Crippen LogP contribution in [0.1, 0.15) is 11.4 Å². The van der Waals surface area contributed by atoms with Crippen LogP contribution in [0.5, 0.6) is 11.8 Å². The molecule has 4 aromatic rings. The molecule has 0 unspecified atom stereocenters. The Hall–Kier alpha value is -3.03. The fourth-order valence-electron chi connectivity index (χ4n) is 3.19. The fourth-order valence-corrected chi connectivity index (χ4v) is 5.10. The number of ether oxygens (including phenoxy) is 2. The summed E-state index contributed by atoms with van der Waals surface area (Å²) in [6, 6.07) is 7.10. The number of para-hydroxylation sites is 1. The largest absolute Gasteiger partial charge is 0.420 e. The number of thiazole rings is 1. The molecule has 0 atom stereocenters. The average molecular weight is 575 g/mol. The van der Waals surface area contributed by atoms with Gasteiger partial charge in [-0.05, 0) is 31.2 Å². The molecule has 1 aromatic carbocycles. The Morgan fingerprint density at radius 3 is 2.68 bits per heavy atom. The van der Waals surface area contributed by atoms with Crippen LogP contribution in [0.3, 0.4) is 0 Å². The van der Waals surface area contributed by atoms with Gasteiger partial charge in [0, 0.05) is 26.6 Å². The van der Waals surface area contributed by atoms with Crippen molar-refractivity contribution in [1.29, 1.82) is 0 Å². The minimum Gasteiger partial charge on any atom is -0.420 e. The second-order valence-corrected chi connectivity index (χ2v) is 16.7. The molecule has 3 aromatic heterocycles. The van der Waals surface area contributed by atoms with Crippen LogP contribution in [0, 0.1) is 12.7 Å². The molecule has 0 saturated carbocycles. The third-order valence-corrected chi connectivity index (χ3v) is 8.25. The lowest BCUT2D eigenvalue weighted by Crippen LogP contribution is -2.23. The summed E-state index contributed by atoms with van der Waals surface area (Å²) in [6.45, 7) is 9.43. The van der Waals surface area contributed by atoms with Crippen molar-refractivity contribution in [2.24, 2.45) is 4.99 Å². The van der Waals surface area contributed by atoms with E-state index in [0.29, 0.717) is 41.0 Å². The third-order valence-electron chi connectivity index (χ3n) is 5.21. The number of aryl methyl sites for hydroxylation is 1. The predicted molar refractivity (Wildman–Crippen MR) is 147 cm³/mol. The van der Waals surface area contributed by atoms with Crippen molar-refractivity contribution in [2.75, 3.05) is 6.61 Å². The second kappa shape index (κ2) is 12.2. The zero-order chi connectivity index (χ0) is 27.3. The Morgan fingerprint density at radius 2 is 2.00 bits per heavy atom. The summed E-state index contributed by atoms with van der Waals surface area (Å²) in [5.74, 6) is -0.352. The first-order valence-corrected chi connectivity index (χ1v) is 16.7. The Labute approximate surface area is 229 Å². The van der Waals surface area contributed by atoms with Crippen molar-refractivity contribution in [3.63, 3.8) is 0 Å². The highest BCUT2D eigenvalue weighted by Gasteiger charge is 2.16. The molecule has 38 heavy (non-hydrogen) atoms. The SMILES string of the molecule is Cc1cc(-c2cn(COCC[Si](C)(C)C)c(=Nc3cnc(CO)cn3)s2)nc(Oc2c(F)cccc2Cl)n1. The van der Waals surface area contributed by atoms with E-state index in [-0.39, 0.29) is 23.4 Å². The van der Waals surface area contributed by atoms with E-state index in [1.807, 2.05) is 10.8 Å². The number of hydrogen-bond donors (Lipinski definition) is 1. The van der Waals surface area contributed by atoms with Gasteiger partial charge in [0.05, 0.1) is 40.3 Å². The van der Waals surface area contributed by atoms with Crippen LogP contribution in [0.25, 0.3) is 10.6 Å². The molecule has 13 heteroatoms. The van der Waals surface area contributed by atoms with Gasteiger partial charge in [-0.3, -0.25) is 9.55 Å². The second-order valence-electron chi connectivity index (χ2n) is 9.66. The molecule has 9 nitrogen and oxygen atoms in total. The summed E-state index contributed by atoms with van der Waals surface area (Å²) in [5, 5.41) is 9.36. The molecule has 0 spiro atoms. The summed E-state index contributed by atoms with van der Waals surface area (Å²) in [6.07, 6.45) is 4.86. The maximum Gasteiger partial charge on any atom is 0.322 e. The molecule has 3 heterocycles. The number of benzene rings is 1. The Balaban J connectivity index is 1.68. The first kappa shape index (κ1) is 28.0. The summed E-state index contributed by atoms with van der Waals surface area (Å²) >= 11 is 7.49. The molecule has 0 bridgehead atoms. The highest BCUT2D eigenvalue weighted by Crippen LogP contribution is 2.32. The van der Waals surface area contributed by atoms with E-state index in [2.05, 4.69) is 44.6 Å². The Kier molecular flexibility index (Phi) is 9.00. The smallest absolute Gasteiger partial charge is 0.322 e. The molecule has 1 N–H and O–H groups in total. The molecule has 0 aliphatic rings. The summed E-state index contributed by atoms with van der Waals surface area (Å²) in [7, 11) is -1.24. The molecule has 0 fully saturated rings. The lowest BCUT2D eigenvalue weighted by atomic mass is 10.3. The van der Waals surface area contributed by atoms with Gasteiger partial charge in [-0.15, -0.1) is 0 Å². The van der Waals surface area contributed by atoms with Crippen molar-refractivity contribution in [2.45, 2.75) is 45.9 Å². The van der Waals surface area contributed by atoms with Gasteiger partial charge in [0.15, 0.2) is 22.2 Å². The molecule has 4 rings (SSSR count). The standard InChI is InChI=1S/C25H28ClFN6O3SSi/c1-16-10-20(31-24(30-16)36-23-18(26)6-5-7-19(23)27)21-13-33(15-35-8-9-38(2,3)4)25(37-21)32-22-12-28-17(14-34)11-29-22/h5-7,10-13,34H,8-9,14-15H2,1-4H3. The molecule has 200 valence electrons. The maximum absolute atomic E-state index is 14.3. The Bertz CT molecular complexity index is 1450. The van der Waals surface area contributed by atoms with Crippen molar-refractivity contribution >= 4 is 36.8 Å². The number of rotatable bonds is 10. The van der Waals surface area contributed by atoms with Gasteiger partial charge in [0.1, 0.15) is 6.73 Å². The van der Waals surface area contributed by atoms with Gasteiger partial charge in [0.2, 0.25) is 0 Å². The first-order valence-electron chi connectivity index (χ1n) is 11.8.